The van der Waals surface area contributed by atoms with E-state index < -0.39 is 7.14 Å². The second-order valence-electron chi connectivity index (χ2n) is 3.17. The molecule has 0 aromatic rings. The van der Waals surface area contributed by atoms with Gasteiger partial charge in [0.15, 0.2) is 0 Å². The molecule has 0 atom stereocenters. The van der Waals surface area contributed by atoms with Crippen LogP contribution in [0.4, 0.5) is 0 Å². The smallest absolute Gasteiger partial charge is 0.118 e. The third-order valence-corrected chi connectivity index (χ3v) is 5.64. The van der Waals surface area contributed by atoms with Gasteiger partial charge in [-0.1, -0.05) is 13.8 Å². The predicted octanol–water partition coefficient (Wildman–Crippen LogP) is 2.83. The van der Waals surface area contributed by atoms with Crippen molar-refractivity contribution >= 4 is 7.14 Å². The molecule has 0 saturated heterocycles. The summed E-state index contributed by atoms with van der Waals surface area (Å²) in [4.78, 5) is 0. The normalized spacial score (nSPS) is 10.8. The first-order chi connectivity index (χ1) is 6.00. The van der Waals surface area contributed by atoms with Crippen LogP contribution >= 0.6 is 7.14 Å². The zero-order valence-electron chi connectivity index (χ0n) is 8.92. The maximum Gasteiger partial charge on any atom is 0.118 e. The van der Waals surface area contributed by atoms with Gasteiger partial charge in [0.1, 0.15) is 7.14 Å². The highest BCUT2D eigenvalue weighted by atomic mass is 31.2. The SMILES string of the molecule is CCP(=O)(CC)C(C)=C=C(C)CO. The van der Waals surface area contributed by atoms with Crippen LogP contribution in [-0.2, 0) is 4.57 Å². The Labute approximate surface area is 80.7 Å². The molecule has 2 nitrogen and oxygen atoms in total. The van der Waals surface area contributed by atoms with Crippen molar-refractivity contribution in [1.82, 2.24) is 0 Å². The maximum absolute atomic E-state index is 12.1. The molecule has 0 heterocycles. The van der Waals surface area contributed by atoms with Gasteiger partial charge in [0, 0.05) is 17.6 Å². The number of hydrogen-bond donors (Lipinski definition) is 1. The Balaban J connectivity index is 5.08. The van der Waals surface area contributed by atoms with Crippen molar-refractivity contribution in [3.8, 4) is 0 Å². The van der Waals surface area contributed by atoms with E-state index in [0.717, 1.165) is 10.9 Å². The lowest BCUT2D eigenvalue weighted by Crippen LogP contribution is -1.91. The summed E-state index contributed by atoms with van der Waals surface area (Å²) in [6.45, 7) is 7.49. The highest BCUT2D eigenvalue weighted by molar-refractivity contribution is 7.68. The van der Waals surface area contributed by atoms with E-state index in [-0.39, 0.29) is 6.61 Å². The monoisotopic (exact) mass is 202 g/mol. The fourth-order valence-electron chi connectivity index (χ4n) is 1.15. The Hall–Kier alpha value is -0.290. The summed E-state index contributed by atoms with van der Waals surface area (Å²) in [5.74, 6) is 0. The van der Waals surface area contributed by atoms with Gasteiger partial charge in [-0.15, -0.1) is 5.73 Å². The quantitative estimate of drug-likeness (QED) is 0.562. The summed E-state index contributed by atoms with van der Waals surface area (Å²) in [5.41, 5.74) is 3.74. The Morgan fingerprint density at radius 3 is 2.08 bits per heavy atom. The predicted molar refractivity (Wildman–Crippen MR) is 57.7 cm³/mol. The van der Waals surface area contributed by atoms with E-state index in [0.29, 0.717) is 12.3 Å². The molecule has 0 aliphatic heterocycles. The van der Waals surface area contributed by atoms with Crippen LogP contribution in [0.2, 0.25) is 0 Å². The highest BCUT2D eigenvalue weighted by Gasteiger charge is 2.18. The van der Waals surface area contributed by atoms with E-state index in [1.165, 1.54) is 0 Å². The van der Waals surface area contributed by atoms with Crippen molar-refractivity contribution < 1.29 is 9.67 Å². The van der Waals surface area contributed by atoms with E-state index in [1.807, 2.05) is 20.8 Å². The Morgan fingerprint density at radius 2 is 1.77 bits per heavy atom. The molecule has 0 aliphatic carbocycles. The number of aliphatic hydroxyl groups excluding tert-OH is 1. The van der Waals surface area contributed by atoms with E-state index in [9.17, 15) is 4.57 Å². The first kappa shape index (κ1) is 12.7. The lowest BCUT2D eigenvalue weighted by atomic mass is 10.3. The molecule has 0 aromatic carbocycles. The molecule has 0 saturated carbocycles. The number of hydrogen-bond acceptors (Lipinski definition) is 2. The molecule has 1 N–H and O–H groups in total. The van der Waals surface area contributed by atoms with E-state index in [4.69, 9.17) is 5.11 Å². The van der Waals surface area contributed by atoms with E-state index in [1.54, 1.807) is 6.92 Å². The molecule has 0 spiro atoms. The largest absolute Gasteiger partial charge is 0.391 e. The van der Waals surface area contributed by atoms with Gasteiger partial charge in [-0.25, -0.2) is 0 Å². The molecule has 0 amide bonds. The molecule has 0 rings (SSSR count). The Kier molecular flexibility index (Phi) is 5.32. The zero-order valence-corrected chi connectivity index (χ0v) is 9.82. The minimum Gasteiger partial charge on any atom is -0.391 e. The van der Waals surface area contributed by atoms with Gasteiger partial charge in [0.05, 0.1) is 6.61 Å². The maximum atomic E-state index is 12.1. The van der Waals surface area contributed by atoms with Crippen molar-refractivity contribution in [2.45, 2.75) is 27.7 Å². The topological polar surface area (TPSA) is 37.3 Å². The first-order valence-electron chi connectivity index (χ1n) is 4.62. The fraction of sp³-hybridized carbons (Fsp3) is 0.700. The molecule has 0 aromatic heterocycles. The van der Waals surface area contributed by atoms with Crippen molar-refractivity contribution in [1.29, 1.82) is 0 Å². The standard InChI is InChI=1S/C10H19O2P/c1-5-13(12,6-2)10(4)7-9(3)8-11/h11H,5-6,8H2,1-4H3. The third-order valence-electron chi connectivity index (χ3n) is 2.26. The zero-order chi connectivity index (χ0) is 10.5. The van der Waals surface area contributed by atoms with Gasteiger partial charge in [-0.2, -0.15) is 0 Å². The van der Waals surface area contributed by atoms with Gasteiger partial charge in [0.25, 0.3) is 0 Å². The first-order valence-corrected chi connectivity index (χ1v) is 6.70. The van der Waals surface area contributed by atoms with Crippen molar-refractivity contribution in [3.63, 3.8) is 0 Å². The lowest BCUT2D eigenvalue weighted by molar-refractivity contribution is 0.331. The fourth-order valence-corrected chi connectivity index (χ4v) is 2.94. The Bertz CT molecular complexity index is 265. The van der Waals surface area contributed by atoms with E-state index in [2.05, 4.69) is 5.73 Å². The molecule has 3 heteroatoms. The lowest BCUT2D eigenvalue weighted by Gasteiger charge is -2.12. The second-order valence-corrected chi connectivity index (χ2v) is 6.89. The average molecular weight is 202 g/mol. The molecular weight excluding hydrogens is 183 g/mol. The van der Waals surface area contributed by atoms with Gasteiger partial charge in [0.2, 0.25) is 0 Å². The molecule has 13 heavy (non-hydrogen) atoms. The van der Waals surface area contributed by atoms with Gasteiger partial charge < -0.3 is 9.67 Å². The Morgan fingerprint density at radius 1 is 1.31 bits per heavy atom. The summed E-state index contributed by atoms with van der Waals surface area (Å²) in [7, 11) is -2.17. The minimum atomic E-state index is -2.17. The van der Waals surface area contributed by atoms with Crippen LogP contribution in [0.5, 0.6) is 0 Å². The minimum absolute atomic E-state index is 0.00916. The van der Waals surface area contributed by atoms with Crippen LogP contribution < -0.4 is 0 Å². The molecule has 0 unspecified atom stereocenters. The molecule has 0 bridgehead atoms. The summed E-state index contributed by atoms with van der Waals surface area (Å²) >= 11 is 0. The molecule has 76 valence electrons. The van der Waals surface area contributed by atoms with Crippen LogP contribution in [-0.4, -0.2) is 24.0 Å². The average Bonchev–Trinajstić information content (AvgIpc) is 2.16. The van der Waals surface area contributed by atoms with Crippen molar-refractivity contribution in [2.24, 2.45) is 0 Å². The van der Waals surface area contributed by atoms with E-state index >= 15 is 0 Å². The number of rotatable bonds is 4. The molecule has 0 aliphatic rings. The molecule has 0 radical (unpaired) electrons. The van der Waals surface area contributed by atoms with Crippen LogP contribution in [0, 0.1) is 0 Å². The van der Waals surface area contributed by atoms with Crippen molar-refractivity contribution in [2.75, 3.05) is 18.9 Å². The molecular formula is C10H19O2P. The highest BCUT2D eigenvalue weighted by Crippen LogP contribution is 2.52. The van der Waals surface area contributed by atoms with Crippen LogP contribution in [0.15, 0.2) is 16.6 Å². The summed E-state index contributed by atoms with van der Waals surface area (Å²) in [6, 6.07) is 0. The van der Waals surface area contributed by atoms with Gasteiger partial charge >= 0.3 is 0 Å². The van der Waals surface area contributed by atoms with Crippen molar-refractivity contribution in [3.05, 3.63) is 16.6 Å². The molecule has 0 fully saturated rings. The summed E-state index contributed by atoms with van der Waals surface area (Å²) < 4.78 is 12.1. The summed E-state index contributed by atoms with van der Waals surface area (Å²) in [5, 5.41) is 9.60. The third kappa shape index (κ3) is 3.52. The van der Waals surface area contributed by atoms with Gasteiger partial charge in [-0.3, -0.25) is 0 Å². The van der Waals surface area contributed by atoms with Crippen LogP contribution in [0.3, 0.4) is 0 Å². The number of aliphatic hydroxyl groups is 1. The second kappa shape index (κ2) is 5.44. The van der Waals surface area contributed by atoms with Gasteiger partial charge in [-0.05, 0) is 19.4 Å². The summed E-state index contributed by atoms with van der Waals surface area (Å²) in [6.07, 6.45) is 1.36. The van der Waals surface area contributed by atoms with Crippen LogP contribution in [0.25, 0.3) is 0 Å². The van der Waals surface area contributed by atoms with Crippen LogP contribution in [0.1, 0.15) is 27.7 Å².